The van der Waals surface area contributed by atoms with Crippen molar-refractivity contribution in [3.05, 3.63) is 6.07 Å². The molecule has 3 atom stereocenters. The van der Waals surface area contributed by atoms with E-state index in [4.69, 9.17) is 10.7 Å². The molecule has 34 heavy (non-hydrogen) atoms. The molecule has 5 rings (SSSR count). The van der Waals surface area contributed by atoms with Crippen LogP contribution in [0, 0.1) is 23.7 Å². The third kappa shape index (κ3) is 6.52. The van der Waals surface area contributed by atoms with E-state index in [-0.39, 0.29) is 0 Å². The van der Waals surface area contributed by atoms with Crippen LogP contribution in [0.5, 0.6) is 0 Å². The molecule has 3 saturated carbocycles. The fourth-order valence-corrected chi connectivity index (χ4v) is 6.76. The minimum atomic E-state index is 0.548. The summed E-state index contributed by atoms with van der Waals surface area (Å²) in [7, 11) is 0. The smallest absolute Gasteiger partial charge is 0.226 e. The highest BCUT2D eigenvalue weighted by molar-refractivity contribution is 5.51. The molecule has 2 bridgehead atoms. The van der Waals surface area contributed by atoms with E-state index in [0.29, 0.717) is 17.7 Å². The topological polar surface area (TPSA) is 103 Å². The van der Waals surface area contributed by atoms with E-state index < -0.39 is 0 Å². The van der Waals surface area contributed by atoms with Crippen molar-refractivity contribution >= 4 is 17.6 Å². The Balaban J connectivity index is 0.936. The van der Waals surface area contributed by atoms with Gasteiger partial charge >= 0.3 is 0 Å². The van der Waals surface area contributed by atoms with Crippen molar-refractivity contribution in [3.8, 4) is 0 Å². The molecule has 4 fully saturated rings. The van der Waals surface area contributed by atoms with Gasteiger partial charge in [0.25, 0.3) is 0 Å². The van der Waals surface area contributed by atoms with Gasteiger partial charge in [-0.05, 0) is 94.7 Å². The zero-order valence-electron chi connectivity index (χ0n) is 20.9. The van der Waals surface area contributed by atoms with Crippen molar-refractivity contribution in [1.29, 1.82) is 0 Å². The number of anilines is 3. The number of nitrogen functional groups attached to an aromatic ring is 1. The maximum atomic E-state index is 6.07. The summed E-state index contributed by atoms with van der Waals surface area (Å²) in [6.45, 7) is 8.36. The number of hydrogen-bond donors (Lipinski definition) is 5. The molecule has 0 amide bonds. The number of piperazine rings is 1. The van der Waals surface area contributed by atoms with Gasteiger partial charge in [-0.1, -0.05) is 6.42 Å². The summed E-state index contributed by atoms with van der Waals surface area (Å²) in [6, 6.07) is 2.72. The molecule has 1 aromatic rings. The summed E-state index contributed by atoms with van der Waals surface area (Å²) in [6.07, 6.45) is 12.4. The molecule has 1 saturated heterocycles. The van der Waals surface area contributed by atoms with Gasteiger partial charge in [0.1, 0.15) is 11.6 Å². The summed E-state index contributed by atoms with van der Waals surface area (Å²) in [5.41, 5.74) is 6.07. The van der Waals surface area contributed by atoms with E-state index in [1.54, 1.807) is 0 Å². The van der Waals surface area contributed by atoms with Crippen LogP contribution >= 0.6 is 0 Å². The van der Waals surface area contributed by atoms with Crippen LogP contribution in [0.2, 0.25) is 0 Å². The Morgan fingerprint density at radius 3 is 2.47 bits per heavy atom. The minimum Gasteiger partial charge on any atom is -0.383 e. The average Bonchev–Trinajstić information content (AvgIpc) is 3.49. The molecule has 0 spiro atoms. The van der Waals surface area contributed by atoms with E-state index >= 15 is 0 Å². The molecule has 8 nitrogen and oxygen atoms in total. The summed E-state index contributed by atoms with van der Waals surface area (Å²) in [5, 5.41) is 14.4. The van der Waals surface area contributed by atoms with Crippen LogP contribution < -0.4 is 31.9 Å². The van der Waals surface area contributed by atoms with Crippen molar-refractivity contribution < 1.29 is 0 Å². The highest BCUT2D eigenvalue weighted by atomic mass is 15.3. The van der Waals surface area contributed by atoms with Crippen LogP contribution in [-0.2, 0) is 0 Å². The normalized spacial score (nSPS) is 31.2. The lowest BCUT2D eigenvalue weighted by Gasteiger charge is -2.30. The van der Waals surface area contributed by atoms with Gasteiger partial charge in [0, 0.05) is 44.8 Å². The molecule has 2 heterocycles. The summed E-state index contributed by atoms with van der Waals surface area (Å²) >= 11 is 0. The van der Waals surface area contributed by atoms with Gasteiger partial charge in [-0.15, -0.1) is 0 Å². The van der Waals surface area contributed by atoms with Gasteiger partial charge in [-0.2, -0.15) is 9.97 Å². The molecular weight excluding hydrogens is 424 g/mol. The number of nitrogens with zero attached hydrogens (tertiary/aromatic N) is 3. The predicted octanol–water partition coefficient (Wildman–Crippen LogP) is 2.44. The molecule has 6 N–H and O–H groups in total. The maximum Gasteiger partial charge on any atom is 0.226 e. The SMILES string of the molecule is Nc1cc(N2CCNCC2)nc(NC[C@H]2CC[C@H](CNCCCN[C@H]3C[C@@H]4CC[C@H]3C4)CC2)n1. The van der Waals surface area contributed by atoms with E-state index in [1.165, 1.54) is 70.9 Å². The molecule has 0 radical (unpaired) electrons. The highest BCUT2D eigenvalue weighted by Gasteiger charge is 2.38. The van der Waals surface area contributed by atoms with Crippen LogP contribution in [0.1, 0.15) is 57.8 Å². The lowest BCUT2D eigenvalue weighted by molar-refractivity contribution is 0.275. The van der Waals surface area contributed by atoms with E-state index in [0.717, 1.165) is 68.9 Å². The monoisotopic (exact) mass is 470 g/mol. The number of hydrogen-bond acceptors (Lipinski definition) is 8. The zero-order chi connectivity index (χ0) is 23.2. The molecule has 0 unspecified atom stereocenters. The van der Waals surface area contributed by atoms with Gasteiger partial charge in [-0.3, -0.25) is 0 Å². The van der Waals surface area contributed by atoms with Crippen molar-refractivity contribution in [1.82, 2.24) is 25.9 Å². The van der Waals surface area contributed by atoms with Gasteiger partial charge in [0.15, 0.2) is 0 Å². The Morgan fingerprint density at radius 1 is 0.941 bits per heavy atom. The lowest BCUT2D eigenvalue weighted by Crippen LogP contribution is -2.44. The number of nitrogens with one attached hydrogen (secondary N) is 4. The Morgan fingerprint density at radius 2 is 1.74 bits per heavy atom. The Kier molecular flexibility index (Phi) is 8.40. The zero-order valence-corrected chi connectivity index (χ0v) is 20.9. The van der Waals surface area contributed by atoms with Crippen LogP contribution in [-0.4, -0.2) is 68.4 Å². The van der Waals surface area contributed by atoms with Gasteiger partial charge in [-0.25, -0.2) is 0 Å². The second-order valence-electron chi connectivity index (χ2n) is 11.3. The Hall–Kier alpha value is -1.64. The molecular formula is C26H46N8. The quantitative estimate of drug-likeness (QED) is 0.314. The molecule has 8 heteroatoms. The maximum absolute atomic E-state index is 6.07. The standard InChI is InChI=1S/C26H46N8/c27-24-16-25(34-12-10-28-11-13-34)33-26(32-24)31-18-20-4-2-19(3-5-20)17-29-8-1-9-30-23-15-21-6-7-22(23)14-21/h16,19-23,28-30H,1-15,17-18H2,(H3,27,31,32,33)/t19-,20-,21-,22+,23+/m1/s1. The molecule has 1 aliphatic heterocycles. The Labute approximate surface area is 205 Å². The average molecular weight is 471 g/mol. The van der Waals surface area contributed by atoms with Crippen LogP contribution in [0.25, 0.3) is 0 Å². The Bertz CT molecular complexity index is 759. The molecule has 190 valence electrons. The third-order valence-electron chi connectivity index (χ3n) is 8.80. The first kappa shape index (κ1) is 24.1. The first-order chi connectivity index (χ1) is 16.7. The fraction of sp³-hybridized carbons (Fsp3) is 0.846. The number of rotatable bonds is 11. The summed E-state index contributed by atoms with van der Waals surface area (Å²) in [4.78, 5) is 11.4. The summed E-state index contributed by atoms with van der Waals surface area (Å²) < 4.78 is 0. The van der Waals surface area contributed by atoms with Crippen molar-refractivity contribution in [3.63, 3.8) is 0 Å². The third-order valence-corrected chi connectivity index (χ3v) is 8.80. The summed E-state index contributed by atoms with van der Waals surface area (Å²) in [5.74, 6) is 5.73. The number of nitrogens with two attached hydrogens (primary N) is 1. The predicted molar refractivity (Wildman–Crippen MR) is 140 cm³/mol. The molecule has 1 aromatic heterocycles. The number of fused-ring (bicyclic) bond motifs is 2. The van der Waals surface area contributed by atoms with Crippen LogP contribution in [0.4, 0.5) is 17.6 Å². The molecule has 4 aliphatic rings. The van der Waals surface area contributed by atoms with Crippen molar-refractivity contribution in [2.75, 3.05) is 68.3 Å². The largest absolute Gasteiger partial charge is 0.383 e. The van der Waals surface area contributed by atoms with Crippen LogP contribution in [0.3, 0.4) is 0 Å². The number of aromatic nitrogens is 2. The lowest BCUT2D eigenvalue weighted by atomic mass is 9.82. The molecule has 3 aliphatic carbocycles. The van der Waals surface area contributed by atoms with Crippen molar-refractivity contribution in [2.45, 2.75) is 63.8 Å². The second kappa shape index (κ2) is 11.9. The van der Waals surface area contributed by atoms with Crippen LogP contribution in [0.15, 0.2) is 6.07 Å². The van der Waals surface area contributed by atoms with E-state index in [1.807, 2.05) is 6.07 Å². The molecule has 0 aromatic carbocycles. The van der Waals surface area contributed by atoms with Crippen molar-refractivity contribution in [2.24, 2.45) is 23.7 Å². The van der Waals surface area contributed by atoms with E-state index in [9.17, 15) is 0 Å². The first-order valence-corrected chi connectivity index (χ1v) is 14.0. The highest BCUT2D eigenvalue weighted by Crippen LogP contribution is 2.44. The van der Waals surface area contributed by atoms with Gasteiger partial charge in [0.05, 0.1) is 0 Å². The first-order valence-electron chi connectivity index (χ1n) is 14.0. The van der Waals surface area contributed by atoms with E-state index in [2.05, 4.69) is 31.2 Å². The fourth-order valence-electron chi connectivity index (χ4n) is 6.76. The van der Waals surface area contributed by atoms with Gasteiger partial charge < -0.3 is 31.9 Å². The second-order valence-corrected chi connectivity index (χ2v) is 11.3. The minimum absolute atomic E-state index is 0.548. The van der Waals surface area contributed by atoms with Gasteiger partial charge in [0.2, 0.25) is 5.95 Å².